The summed E-state index contributed by atoms with van der Waals surface area (Å²) in [7, 11) is 1.42. The van der Waals surface area contributed by atoms with Crippen LogP contribution < -0.4 is 4.74 Å². The standard InChI is InChI=1S/C25H25BrCl2N2O6/c1-3-9-29-20(32)13-8-7-12-14(17(13)21(29)33)10-24(27)22(34)30(11-26)23(35)25(24,28)19(12)18-15(31)5-4-6-16(18)36-2/h4-7,13-14,17,19,31H,3,8-11H2,1-2H3. The highest BCUT2D eigenvalue weighted by atomic mass is 79.9. The predicted molar refractivity (Wildman–Crippen MR) is 135 cm³/mol. The molecule has 6 unspecified atom stereocenters. The molecule has 4 amide bonds. The molecule has 0 radical (unpaired) electrons. The number of ether oxygens (including phenoxy) is 1. The number of hydrogen-bond donors (Lipinski definition) is 1. The van der Waals surface area contributed by atoms with Gasteiger partial charge in [0.25, 0.3) is 11.8 Å². The average molecular weight is 600 g/mol. The molecule has 2 heterocycles. The molecule has 1 saturated carbocycles. The van der Waals surface area contributed by atoms with Crippen LogP contribution in [0.25, 0.3) is 0 Å². The quantitative estimate of drug-likeness (QED) is 0.240. The molecule has 3 fully saturated rings. The second kappa shape index (κ2) is 8.74. The van der Waals surface area contributed by atoms with Gasteiger partial charge in [-0.1, -0.05) is 40.6 Å². The van der Waals surface area contributed by atoms with Crippen molar-refractivity contribution in [2.75, 3.05) is 19.1 Å². The van der Waals surface area contributed by atoms with E-state index in [1.807, 2.05) is 13.0 Å². The average Bonchev–Trinajstić information content (AvgIpc) is 3.18. The van der Waals surface area contributed by atoms with Crippen molar-refractivity contribution in [1.82, 2.24) is 9.80 Å². The summed E-state index contributed by atoms with van der Waals surface area (Å²) in [4.78, 5) is 52.3. The van der Waals surface area contributed by atoms with Gasteiger partial charge in [0, 0.05) is 18.0 Å². The van der Waals surface area contributed by atoms with E-state index in [-0.39, 0.29) is 47.2 Å². The molecule has 36 heavy (non-hydrogen) atoms. The molecular formula is C25H25BrCl2N2O6. The van der Waals surface area contributed by atoms with E-state index in [9.17, 15) is 24.3 Å². The molecule has 2 aliphatic heterocycles. The van der Waals surface area contributed by atoms with Crippen LogP contribution in [0, 0.1) is 17.8 Å². The number of imide groups is 2. The Balaban J connectivity index is 1.76. The van der Waals surface area contributed by atoms with Crippen molar-refractivity contribution in [3.8, 4) is 11.5 Å². The number of carbonyl (C=O) groups is 4. The third kappa shape index (κ3) is 3.05. The number of nitrogens with zero attached hydrogens (tertiary/aromatic N) is 2. The number of methoxy groups -OCH3 is 1. The summed E-state index contributed by atoms with van der Waals surface area (Å²) in [6.45, 7) is 2.20. The van der Waals surface area contributed by atoms with E-state index in [2.05, 4.69) is 15.9 Å². The highest BCUT2D eigenvalue weighted by Crippen LogP contribution is 2.67. The van der Waals surface area contributed by atoms with E-state index in [0.29, 0.717) is 18.5 Å². The van der Waals surface area contributed by atoms with Crippen LogP contribution in [0.3, 0.4) is 0 Å². The maximum atomic E-state index is 13.7. The van der Waals surface area contributed by atoms with Crippen LogP contribution in [-0.4, -0.2) is 67.4 Å². The Morgan fingerprint density at radius 2 is 1.83 bits per heavy atom. The van der Waals surface area contributed by atoms with Crippen molar-refractivity contribution in [2.45, 2.75) is 41.9 Å². The molecule has 1 N–H and O–H groups in total. The summed E-state index contributed by atoms with van der Waals surface area (Å²) < 4.78 is 5.54. The zero-order valence-electron chi connectivity index (χ0n) is 19.7. The first-order valence-corrected chi connectivity index (χ1v) is 13.7. The van der Waals surface area contributed by atoms with E-state index < -0.39 is 45.2 Å². The van der Waals surface area contributed by atoms with Crippen LogP contribution in [0.2, 0.25) is 0 Å². The van der Waals surface area contributed by atoms with E-state index >= 15 is 0 Å². The number of likely N-dealkylation sites (tertiary alicyclic amines) is 2. The minimum absolute atomic E-state index is 0.0927. The van der Waals surface area contributed by atoms with Crippen LogP contribution in [0.1, 0.15) is 37.7 Å². The van der Waals surface area contributed by atoms with E-state index in [0.717, 1.165) is 4.90 Å². The van der Waals surface area contributed by atoms with Gasteiger partial charge in [0.15, 0.2) is 9.75 Å². The van der Waals surface area contributed by atoms with Crippen LogP contribution >= 0.6 is 39.1 Å². The Bertz CT molecular complexity index is 1220. The molecule has 0 bridgehead atoms. The number of carbonyl (C=O) groups excluding carboxylic acids is 4. The summed E-state index contributed by atoms with van der Waals surface area (Å²) in [5.41, 5.74) is 0.712. The minimum Gasteiger partial charge on any atom is -0.508 e. The smallest absolute Gasteiger partial charge is 0.254 e. The van der Waals surface area contributed by atoms with Gasteiger partial charge in [-0.25, -0.2) is 0 Å². The second-order valence-corrected chi connectivity index (χ2v) is 11.5. The molecule has 192 valence electrons. The minimum atomic E-state index is -1.99. The van der Waals surface area contributed by atoms with Gasteiger partial charge >= 0.3 is 0 Å². The van der Waals surface area contributed by atoms with Crippen LogP contribution in [0.4, 0.5) is 0 Å². The molecule has 0 spiro atoms. The number of phenolic OH excluding ortho intramolecular Hbond substituents is 1. The van der Waals surface area contributed by atoms with Crippen LogP contribution in [0.5, 0.6) is 11.5 Å². The Kier molecular flexibility index (Phi) is 6.20. The fourth-order valence-corrected chi connectivity index (χ4v) is 7.99. The molecule has 2 saturated heterocycles. The number of rotatable bonds is 5. The lowest BCUT2D eigenvalue weighted by Crippen LogP contribution is -2.60. The first kappa shape index (κ1) is 25.5. The van der Waals surface area contributed by atoms with Gasteiger partial charge < -0.3 is 9.84 Å². The fraction of sp³-hybridized carbons (Fsp3) is 0.520. The second-order valence-electron chi connectivity index (χ2n) is 9.71. The molecule has 4 aliphatic rings. The number of fused-ring (bicyclic) bond motifs is 4. The number of benzene rings is 1. The number of alkyl halides is 3. The molecule has 1 aromatic rings. The number of allylic oxidation sites excluding steroid dienone is 2. The molecule has 8 nitrogen and oxygen atoms in total. The van der Waals surface area contributed by atoms with Crippen molar-refractivity contribution in [3.05, 3.63) is 35.4 Å². The number of aromatic hydroxyl groups is 1. The van der Waals surface area contributed by atoms with Gasteiger partial charge in [-0.05, 0) is 37.3 Å². The summed E-state index contributed by atoms with van der Waals surface area (Å²) in [5, 5.41) is 11.0. The zero-order valence-corrected chi connectivity index (χ0v) is 22.8. The lowest BCUT2D eigenvalue weighted by molar-refractivity contribution is -0.141. The van der Waals surface area contributed by atoms with Gasteiger partial charge in [-0.2, -0.15) is 0 Å². The SMILES string of the molecule is CCCN1C(=O)C2CC=C3C(CC4(Cl)C(=O)N(CBr)C(=O)C4(Cl)C3c3c(O)cccc3OC)C2C1=O. The van der Waals surface area contributed by atoms with E-state index in [4.69, 9.17) is 27.9 Å². The summed E-state index contributed by atoms with van der Waals surface area (Å²) in [6.07, 6.45) is 2.64. The molecular weight excluding hydrogens is 575 g/mol. The van der Waals surface area contributed by atoms with Crippen LogP contribution in [-0.2, 0) is 19.2 Å². The number of phenols is 1. The van der Waals surface area contributed by atoms with Gasteiger partial charge in [-0.3, -0.25) is 29.0 Å². The Morgan fingerprint density at radius 3 is 2.47 bits per heavy atom. The highest BCUT2D eigenvalue weighted by molar-refractivity contribution is 9.09. The maximum Gasteiger partial charge on any atom is 0.254 e. The van der Waals surface area contributed by atoms with E-state index in [1.54, 1.807) is 12.1 Å². The van der Waals surface area contributed by atoms with Gasteiger partial charge in [0.1, 0.15) is 11.5 Å². The molecule has 1 aromatic carbocycles. The third-order valence-corrected chi connectivity index (χ3v) is 10.0. The summed E-state index contributed by atoms with van der Waals surface area (Å²) in [5.74, 6) is -4.84. The van der Waals surface area contributed by atoms with Crippen molar-refractivity contribution >= 4 is 62.8 Å². The normalized spacial score (nSPS) is 35.5. The largest absolute Gasteiger partial charge is 0.508 e. The monoisotopic (exact) mass is 598 g/mol. The lowest BCUT2D eigenvalue weighted by atomic mass is 9.56. The van der Waals surface area contributed by atoms with Crippen molar-refractivity contribution in [3.63, 3.8) is 0 Å². The third-order valence-electron chi connectivity index (χ3n) is 8.11. The van der Waals surface area contributed by atoms with Gasteiger partial charge in [-0.15, -0.1) is 23.2 Å². The zero-order chi connectivity index (χ0) is 26.2. The predicted octanol–water partition coefficient (Wildman–Crippen LogP) is 3.52. The van der Waals surface area contributed by atoms with Crippen LogP contribution in [0.15, 0.2) is 29.8 Å². The Morgan fingerprint density at radius 1 is 1.11 bits per heavy atom. The first-order valence-electron chi connectivity index (χ1n) is 11.8. The first-order chi connectivity index (χ1) is 17.1. The van der Waals surface area contributed by atoms with Gasteiger partial charge in [0.2, 0.25) is 11.8 Å². The molecule has 2 aliphatic carbocycles. The number of halogens is 3. The fourth-order valence-electron chi connectivity index (χ4n) is 6.58. The highest BCUT2D eigenvalue weighted by Gasteiger charge is 2.76. The summed E-state index contributed by atoms with van der Waals surface area (Å²) in [6, 6.07) is 4.66. The Hall–Kier alpha value is -2.10. The van der Waals surface area contributed by atoms with Gasteiger partial charge in [0.05, 0.1) is 24.4 Å². The maximum absolute atomic E-state index is 13.7. The van der Waals surface area contributed by atoms with Crippen molar-refractivity contribution in [1.29, 1.82) is 0 Å². The van der Waals surface area contributed by atoms with Crippen molar-refractivity contribution in [2.24, 2.45) is 17.8 Å². The summed E-state index contributed by atoms with van der Waals surface area (Å²) >= 11 is 17.5. The topological polar surface area (TPSA) is 104 Å². The lowest BCUT2D eigenvalue weighted by Gasteiger charge is -2.51. The molecule has 6 atom stereocenters. The molecule has 0 aromatic heterocycles. The number of amides is 4. The van der Waals surface area contributed by atoms with E-state index in [1.165, 1.54) is 18.1 Å². The number of hydrogen-bond acceptors (Lipinski definition) is 6. The molecule has 5 rings (SSSR count). The Labute approximate surface area is 226 Å². The molecule has 11 heteroatoms. The van der Waals surface area contributed by atoms with Crippen molar-refractivity contribution < 1.29 is 29.0 Å².